The molecule has 2 aromatic rings. The number of nitrogens with one attached hydrogen (secondary N) is 1. The van der Waals surface area contributed by atoms with Crippen molar-refractivity contribution >= 4 is 24.0 Å². The lowest BCUT2D eigenvalue weighted by atomic mass is 9.45. The second-order valence-corrected chi connectivity index (χ2v) is 20.9. The lowest BCUT2D eigenvalue weighted by molar-refractivity contribution is -0.345. The van der Waals surface area contributed by atoms with E-state index in [4.69, 9.17) is 37.9 Å². The van der Waals surface area contributed by atoms with Crippen LogP contribution in [0.2, 0.25) is 0 Å². The third kappa shape index (κ3) is 8.45. The van der Waals surface area contributed by atoms with Gasteiger partial charge in [0.25, 0.3) is 0 Å². The van der Waals surface area contributed by atoms with Gasteiger partial charge in [0.2, 0.25) is 0 Å². The Balaban J connectivity index is 1.27. The third-order valence-corrected chi connectivity index (χ3v) is 15.1. The molecule has 3 heterocycles. The standard InChI is InChI=1S/C50H66N2O14/c1-29-33(61-43(55)48(9,57)39(31-16-12-10-13-17-31)51-44(56)66-45(3,4)5)26-50(58)41(64-42(54)32-18-14-11-15-19-32)38-47(8,21-20-34-49(38,28-60-34)65-30(2)53)40-37(36(29)46(50,6)7)62-35(63-40)27-52-22-24-59-25-23-52/h10-19,33-35,37-41,57-58H,20-28H2,1-9H3,(H,51,56)/t33-,34+,35+,37+,38-,39-,40+,41-,47+,48+,49-,50+/m0/s1. The number of nitrogens with zero attached hydrogens (tertiary/aromatic N) is 1. The fourth-order valence-electron chi connectivity index (χ4n) is 11.7. The van der Waals surface area contributed by atoms with Crippen molar-refractivity contribution in [2.75, 3.05) is 39.5 Å². The van der Waals surface area contributed by atoms with Crippen LogP contribution >= 0.6 is 0 Å². The average Bonchev–Trinajstić information content (AvgIpc) is 3.66. The Hall–Kier alpha value is -4.42. The molecule has 3 aliphatic carbocycles. The van der Waals surface area contributed by atoms with Gasteiger partial charge in [-0.25, -0.2) is 14.4 Å². The lowest BCUT2D eigenvalue weighted by Gasteiger charge is -2.68. The van der Waals surface area contributed by atoms with Gasteiger partial charge >= 0.3 is 24.0 Å². The van der Waals surface area contributed by atoms with Crippen LogP contribution in [0.15, 0.2) is 71.8 Å². The zero-order chi connectivity index (χ0) is 47.6. The smallest absolute Gasteiger partial charge is 0.408 e. The van der Waals surface area contributed by atoms with E-state index in [9.17, 15) is 29.4 Å². The fourth-order valence-corrected chi connectivity index (χ4v) is 11.7. The summed E-state index contributed by atoms with van der Waals surface area (Å²) in [4.78, 5) is 58.1. The monoisotopic (exact) mass is 918 g/mol. The van der Waals surface area contributed by atoms with Gasteiger partial charge in [-0.1, -0.05) is 69.3 Å². The maximum Gasteiger partial charge on any atom is 0.408 e. The van der Waals surface area contributed by atoms with Crippen molar-refractivity contribution in [3.63, 3.8) is 0 Å². The van der Waals surface area contributed by atoms with Crippen LogP contribution in [0.25, 0.3) is 0 Å². The Bertz CT molecular complexity index is 2190. The molecule has 1 amide bonds. The number of rotatable bonds is 10. The highest BCUT2D eigenvalue weighted by Crippen LogP contribution is 2.66. The van der Waals surface area contributed by atoms with E-state index < -0.39 is 106 Å². The van der Waals surface area contributed by atoms with Gasteiger partial charge in [-0.3, -0.25) is 9.69 Å². The molecular weight excluding hydrogens is 853 g/mol. The molecule has 0 radical (unpaired) electrons. The van der Waals surface area contributed by atoms with Gasteiger partial charge in [0.05, 0.1) is 43.4 Å². The molecule has 16 nitrogen and oxygen atoms in total. The van der Waals surface area contributed by atoms with Crippen LogP contribution in [0.1, 0.15) is 104 Å². The summed E-state index contributed by atoms with van der Waals surface area (Å²) in [5.41, 5.74) is -7.26. The minimum Gasteiger partial charge on any atom is -0.456 e. The highest BCUT2D eigenvalue weighted by molar-refractivity contribution is 5.89. The van der Waals surface area contributed by atoms with Gasteiger partial charge in [0, 0.05) is 43.8 Å². The number of aliphatic hydroxyl groups is 2. The maximum atomic E-state index is 14.8. The summed E-state index contributed by atoms with van der Waals surface area (Å²) in [6, 6.07) is 15.6. The van der Waals surface area contributed by atoms with Gasteiger partial charge < -0.3 is 53.4 Å². The van der Waals surface area contributed by atoms with Crippen molar-refractivity contribution in [1.82, 2.24) is 10.2 Å². The molecule has 360 valence electrons. The average molecular weight is 919 g/mol. The molecule has 0 aromatic heterocycles. The second-order valence-electron chi connectivity index (χ2n) is 20.9. The van der Waals surface area contributed by atoms with E-state index in [0.717, 1.165) is 0 Å². The first-order valence-electron chi connectivity index (χ1n) is 23.1. The molecule has 3 N–H and O–H groups in total. The number of morpholine rings is 1. The zero-order valence-corrected chi connectivity index (χ0v) is 39.5. The molecular formula is C50H66N2O14. The molecule has 2 bridgehead atoms. The van der Waals surface area contributed by atoms with Crippen LogP contribution in [0.4, 0.5) is 4.79 Å². The minimum absolute atomic E-state index is 0.0304. The van der Waals surface area contributed by atoms with Crippen molar-refractivity contribution < 1.29 is 67.3 Å². The first kappa shape index (κ1) is 48.1. The highest BCUT2D eigenvalue weighted by Gasteiger charge is 2.77. The normalized spacial score (nSPS) is 35.2. The summed E-state index contributed by atoms with van der Waals surface area (Å²) in [5.74, 6) is -3.34. The molecule has 6 aliphatic rings. The number of ether oxygens (including phenoxy) is 8. The summed E-state index contributed by atoms with van der Waals surface area (Å²) < 4.78 is 51.1. The molecule has 0 unspecified atom stereocenters. The maximum absolute atomic E-state index is 14.8. The first-order chi connectivity index (χ1) is 31.0. The van der Waals surface area contributed by atoms with Gasteiger partial charge in [0.15, 0.2) is 17.5 Å². The van der Waals surface area contributed by atoms with Crippen LogP contribution in [-0.4, -0.2) is 138 Å². The third-order valence-electron chi connectivity index (χ3n) is 15.1. The molecule has 8 rings (SSSR count). The highest BCUT2D eigenvalue weighted by atomic mass is 16.7. The fraction of sp³-hybridized carbons (Fsp3) is 0.640. The number of alkyl carbamates (subject to hydrolysis) is 1. The van der Waals surface area contributed by atoms with Gasteiger partial charge in [-0.15, -0.1) is 0 Å². The number of carbonyl (C=O) groups is 4. The number of hydrogen-bond acceptors (Lipinski definition) is 15. The van der Waals surface area contributed by atoms with Crippen molar-refractivity contribution in [3.8, 4) is 0 Å². The summed E-state index contributed by atoms with van der Waals surface area (Å²) in [5, 5.41) is 29.1. The van der Waals surface area contributed by atoms with Crippen LogP contribution in [-0.2, 0) is 47.5 Å². The Morgan fingerprint density at radius 2 is 1.59 bits per heavy atom. The van der Waals surface area contributed by atoms with E-state index in [0.29, 0.717) is 62.4 Å². The molecule has 2 aromatic carbocycles. The number of fused-ring (bicyclic) bond motifs is 8. The molecule has 12 atom stereocenters. The summed E-state index contributed by atoms with van der Waals surface area (Å²) in [7, 11) is 0. The summed E-state index contributed by atoms with van der Waals surface area (Å²) in [6.07, 6.45) is -5.86. The van der Waals surface area contributed by atoms with Gasteiger partial charge in [-0.2, -0.15) is 0 Å². The predicted molar refractivity (Wildman–Crippen MR) is 237 cm³/mol. The van der Waals surface area contributed by atoms with Crippen molar-refractivity contribution in [3.05, 3.63) is 82.9 Å². The number of carbonyl (C=O) groups excluding carboxylic acids is 4. The Morgan fingerprint density at radius 3 is 2.20 bits per heavy atom. The van der Waals surface area contributed by atoms with Gasteiger partial charge in [0.1, 0.15) is 35.6 Å². The molecule has 66 heavy (non-hydrogen) atoms. The van der Waals surface area contributed by atoms with Crippen LogP contribution in [0, 0.1) is 16.7 Å². The number of hydrogen-bond donors (Lipinski definition) is 3. The zero-order valence-electron chi connectivity index (χ0n) is 39.5. The Morgan fingerprint density at radius 1 is 0.939 bits per heavy atom. The topological polar surface area (TPSA) is 198 Å². The SMILES string of the molecule is CC(=O)O[C@@]12CO[C@@H]1CC[C@@]1(C)[C@@H]3O[C@H](CN4CCOCC4)O[C@@H]3C3=C(C)[C@@H](OC(=O)[C@](C)(O)[C@@H](NC(=O)OC(C)(C)C)c4ccccc4)C[C@@](O)([C@@H](OC(=O)c4ccccc4)[C@@H]12)C3(C)C. The first-order valence-corrected chi connectivity index (χ1v) is 23.1. The summed E-state index contributed by atoms with van der Waals surface area (Å²) >= 11 is 0. The molecule has 0 spiro atoms. The van der Waals surface area contributed by atoms with Crippen LogP contribution in [0.3, 0.4) is 0 Å². The van der Waals surface area contributed by atoms with Gasteiger partial charge in [-0.05, 0) is 76.3 Å². The lowest BCUT2D eigenvalue weighted by Crippen LogP contribution is -2.79. The second kappa shape index (κ2) is 17.6. The number of esters is 3. The van der Waals surface area contributed by atoms with E-state index in [1.165, 1.54) is 13.8 Å². The minimum atomic E-state index is -2.41. The van der Waals surface area contributed by atoms with Crippen molar-refractivity contribution in [2.24, 2.45) is 16.7 Å². The number of amides is 1. The van der Waals surface area contributed by atoms with Crippen LogP contribution in [0.5, 0.6) is 0 Å². The van der Waals surface area contributed by atoms with Crippen molar-refractivity contribution in [1.29, 1.82) is 0 Å². The van der Waals surface area contributed by atoms with E-state index >= 15 is 0 Å². The molecule has 2 saturated carbocycles. The quantitative estimate of drug-likeness (QED) is 0.160. The van der Waals surface area contributed by atoms with Crippen LogP contribution < -0.4 is 5.32 Å². The predicted octanol–water partition coefficient (Wildman–Crippen LogP) is 5.19. The van der Waals surface area contributed by atoms with E-state index in [-0.39, 0.29) is 18.6 Å². The Labute approximate surface area is 386 Å². The van der Waals surface area contributed by atoms with E-state index in [2.05, 4.69) is 10.2 Å². The van der Waals surface area contributed by atoms with E-state index in [1.54, 1.807) is 81.4 Å². The Kier molecular flexibility index (Phi) is 12.8. The molecule has 3 aliphatic heterocycles. The largest absolute Gasteiger partial charge is 0.456 e. The summed E-state index contributed by atoms with van der Waals surface area (Å²) in [6.45, 7) is 18.1. The molecule has 16 heteroatoms. The van der Waals surface area contributed by atoms with Crippen molar-refractivity contribution in [2.45, 2.75) is 147 Å². The molecule has 5 fully saturated rings. The van der Waals surface area contributed by atoms with E-state index in [1.807, 2.05) is 27.7 Å². The number of benzene rings is 2. The molecule has 3 saturated heterocycles.